The van der Waals surface area contributed by atoms with Gasteiger partial charge in [-0.3, -0.25) is 9.59 Å². The van der Waals surface area contributed by atoms with E-state index in [1.54, 1.807) is 30.3 Å². The third kappa shape index (κ3) is 5.43. The summed E-state index contributed by atoms with van der Waals surface area (Å²) >= 11 is 0. The predicted octanol–water partition coefficient (Wildman–Crippen LogP) is 4.27. The molecule has 2 aromatic rings. The van der Waals surface area contributed by atoms with Crippen molar-refractivity contribution in [3.05, 3.63) is 65.7 Å². The normalized spacial score (nSPS) is 18.5. The topological polar surface area (TPSA) is 59.0 Å². The summed E-state index contributed by atoms with van der Waals surface area (Å²) in [7, 11) is 0. The van der Waals surface area contributed by atoms with E-state index >= 15 is 0 Å². The second kappa shape index (κ2) is 8.46. The Hall–Kier alpha value is -3.16. The van der Waals surface area contributed by atoms with Crippen molar-refractivity contribution >= 4 is 23.8 Å². The zero-order valence-electron chi connectivity index (χ0n) is 15.6. The van der Waals surface area contributed by atoms with Crippen LogP contribution in [0.15, 0.2) is 59.7 Å². The van der Waals surface area contributed by atoms with Gasteiger partial charge in [-0.05, 0) is 36.1 Å². The van der Waals surface area contributed by atoms with Gasteiger partial charge in [-0.15, -0.1) is 0 Å². The molecular weight excluding hydrogens is 385 g/mol. The van der Waals surface area contributed by atoms with E-state index in [0.717, 1.165) is 17.1 Å². The van der Waals surface area contributed by atoms with Gasteiger partial charge in [0.2, 0.25) is 0 Å². The van der Waals surface area contributed by atoms with Crippen molar-refractivity contribution in [1.82, 2.24) is 0 Å². The van der Waals surface area contributed by atoms with Crippen molar-refractivity contribution < 1.29 is 27.5 Å². The maximum atomic E-state index is 13.1. The number of hydrazone groups is 1. The van der Waals surface area contributed by atoms with Crippen molar-refractivity contribution in [2.24, 2.45) is 16.9 Å². The number of carbonyl (C=O) groups excluding carboxylic acids is 2. The van der Waals surface area contributed by atoms with Crippen LogP contribution in [0.25, 0.3) is 0 Å². The van der Waals surface area contributed by atoms with Gasteiger partial charge >= 0.3 is 12.1 Å². The zero-order chi connectivity index (χ0) is 21.0. The molecule has 0 radical (unpaired) electrons. The number of rotatable bonds is 6. The largest absolute Gasteiger partial charge is 0.455 e. The molecule has 0 heterocycles. The first-order valence-corrected chi connectivity index (χ1v) is 9.01. The highest BCUT2D eigenvalue weighted by atomic mass is 19.4. The van der Waals surface area contributed by atoms with E-state index in [9.17, 15) is 22.8 Å². The van der Waals surface area contributed by atoms with Gasteiger partial charge in [-0.1, -0.05) is 43.3 Å². The van der Waals surface area contributed by atoms with Gasteiger partial charge in [0.25, 0.3) is 5.91 Å². The number of halogens is 3. The average molecular weight is 404 g/mol. The summed E-state index contributed by atoms with van der Waals surface area (Å²) in [6.45, 7) is 1.29. The quantitative estimate of drug-likeness (QED) is 0.410. The molecule has 152 valence electrons. The van der Waals surface area contributed by atoms with Crippen LogP contribution in [0.2, 0.25) is 0 Å². The fraction of sp³-hybridized carbons (Fsp3) is 0.286. The van der Waals surface area contributed by atoms with Crippen LogP contribution < -0.4 is 5.01 Å². The summed E-state index contributed by atoms with van der Waals surface area (Å²) in [4.78, 5) is 24.5. The second-order valence-corrected chi connectivity index (χ2v) is 6.84. The molecule has 8 heteroatoms. The zero-order valence-corrected chi connectivity index (χ0v) is 15.6. The van der Waals surface area contributed by atoms with Crippen molar-refractivity contribution in [2.75, 3.05) is 11.6 Å². The molecule has 29 heavy (non-hydrogen) atoms. The second-order valence-electron chi connectivity index (χ2n) is 6.84. The highest BCUT2D eigenvalue weighted by Crippen LogP contribution is 2.38. The molecule has 1 aliphatic rings. The lowest BCUT2D eigenvalue weighted by Gasteiger charge is -2.18. The van der Waals surface area contributed by atoms with Gasteiger partial charge < -0.3 is 4.74 Å². The highest BCUT2D eigenvalue weighted by molar-refractivity contribution is 5.97. The summed E-state index contributed by atoms with van der Waals surface area (Å²) in [5, 5.41) is 4.85. The number of carbonyl (C=O) groups is 2. The molecule has 2 atom stereocenters. The van der Waals surface area contributed by atoms with E-state index in [2.05, 4.69) is 5.10 Å². The Labute approximate surface area is 165 Å². The minimum Gasteiger partial charge on any atom is -0.455 e. The third-order valence-electron chi connectivity index (χ3n) is 4.53. The van der Waals surface area contributed by atoms with E-state index < -0.39 is 30.2 Å². The van der Waals surface area contributed by atoms with Crippen molar-refractivity contribution in [1.29, 1.82) is 0 Å². The van der Waals surface area contributed by atoms with E-state index in [0.29, 0.717) is 12.0 Å². The molecule has 1 amide bonds. The van der Waals surface area contributed by atoms with Crippen LogP contribution in [0.4, 0.5) is 18.9 Å². The van der Waals surface area contributed by atoms with E-state index in [4.69, 9.17) is 4.74 Å². The lowest BCUT2D eigenvalue weighted by molar-refractivity contribution is -0.149. The van der Waals surface area contributed by atoms with Crippen LogP contribution in [0, 0.1) is 11.8 Å². The average Bonchev–Trinajstić information content (AvgIpc) is 3.43. The molecule has 5 nitrogen and oxygen atoms in total. The number of esters is 1. The molecule has 0 spiro atoms. The minimum atomic E-state index is -4.57. The fourth-order valence-corrected chi connectivity index (χ4v) is 2.70. The maximum Gasteiger partial charge on any atom is 0.416 e. The maximum absolute atomic E-state index is 13.1. The first-order valence-electron chi connectivity index (χ1n) is 9.01. The van der Waals surface area contributed by atoms with Crippen molar-refractivity contribution in [3.63, 3.8) is 0 Å². The third-order valence-corrected chi connectivity index (χ3v) is 4.53. The summed E-state index contributed by atoms with van der Waals surface area (Å²) in [5.74, 6) is -1.24. The van der Waals surface area contributed by atoms with E-state index in [1.807, 2.05) is 6.92 Å². The van der Waals surface area contributed by atoms with Crippen LogP contribution in [0.1, 0.15) is 24.5 Å². The molecule has 2 aromatic carbocycles. The fourth-order valence-electron chi connectivity index (χ4n) is 2.70. The molecule has 0 saturated heterocycles. The molecule has 0 aliphatic heterocycles. The molecule has 1 aliphatic carbocycles. The summed E-state index contributed by atoms with van der Waals surface area (Å²) < 4.78 is 44.2. The Balaban J connectivity index is 1.82. The molecule has 3 rings (SSSR count). The van der Waals surface area contributed by atoms with Crippen LogP contribution in [-0.2, 0) is 20.5 Å². The number of anilines is 1. The number of ether oxygens (including phenoxy) is 1. The van der Waals surface area contributed by atoms with Gasteiger partial charge in [0.1, 0.15) is 0 Å². The number of alkyl halides is 3. The smallest absolute Gasteiger partial charge is 0.416 e. The lowest BCUT2D eigenvalue weighted by atomic mass is 10.2. The molecule has 0 aromatic heterocycles. The number of benzene rings is 2. The molecule has 1 fully saturated rings. The van der Waals surface area contributed by atoms with Gasteiger partial charge in [0, 0.05) is 0 Å². The van der Waals surface area contributed by atoms with Gasteiger partial charge in [0.15, 0.2) is 6.61 Å². The molecule has 1 saturated carbocycles. The van der Waals surface area contributed by atoms with Crippen LogP contribution in [0.5, 0.6) is 0 Å². The summed E-state index contributed by atoms with van der Waals surface area (Å²) in [5.41, 5.74) is -0.333. The SMILES string of the molecule is C[C@@H]1C[C@@H]1C(=O)OCC(=O)N(/N=C\c1ccccc1)c1cccc(C(F)(F)F)c1. The van der Waals surface area contributed by atoms with Crippen LogP contribution in [-0.4, -0.2) is 24.7 Å². The predicted molar refractivity (Wildman–Crippen MR) is 101 cm³/mol. The highest BCUT2D eigenvalue weighted by Gasteiger charge is 2.41. The standard InChI is InChI=1S/C21H19F3N2O3/c1-14-10-18(14)20(28)29-13-19(27)26(25-12-15-6-3-2-4-7-15)17-9-5-8-16(11-17)21(22,23)24/h2-9,11-12,14,18H,10,13H2,1H3/b25-12-/t14-,18+/m1/s1. The molecule has 0 unspecified atom stereocenters. The van der Waals surface area contributed by atoms with Gasteiger partial charge in [0.05, 0.1) is 23.4 Å². The Morgan fingerprint density at radius 2 is 1.86 bits per heavy atom. The minimum absolute atomic E-state index is 0.0761. The first kappa shape index (κ1) is 20.6. The van der Waals surface area contributed by atoms with Crippen LogP contribution >= 0.6 is 0 Å². The monoisotopic (exact) mass is 404 g/mol. The number of hydrogen-bond acceptors (Lipinski definition) is 4. The Morgan fingerprint density at radius 3 is 2.48 bits per heavy atom. The van der Waals surface area contributed by atoms with Gasteiger partial charge in [-0.25, -0.2) is 0 Å². The van der Waals surface area contributed by atoms with Crippen molar-refractivity contribution in [3.8, 4) is 0 Å². The number of amides is 1. The first-order chi connectivity index (χ1) is 13.8. The van der Waals surface area contributed by atoms with E-state index in [-0.39, 0.29) is 17.5 Å². The Kier molecular flexibility index (Phi) is 6.00. The number of hydrogen-bond donors (Lipinski definition) is 0. The molecule has 0 bridgehead atoms. The van der Waals surface area contributed by atoms with E-state index in [1.165, 1.54) is 18.3 Å². The van der Waals surface area contributed by atoms with Gasteiger partial charge in [-0.2, -0.15) is 23.3 Å². The number of nitrogens with zero attached hydrogens (tertiary/aromatic N) is 2. The summed E-state index contributed by atoms with van der Waals surface area (Å²) in [6, 6.07) is 13.0. The van der Waals surface area contributed by atoms with Crippen molar-refractivity contribution in [2.45, 2.75) is 19.5 Å². The molecule has 0 N–H and O–H groups in total. The summed E-state index contributed by atoms with van der Waals surface area (Å²) in [6.07, 6.45) is -2.51. The Morgan fingerprint density at radius 1 is 1.17 bits per heavy atom. The lowest BCUT2D eigenvalue weighted by Crippen LogP contribution is -2.31. The Bertz CT molecular complexity index is 913. The van der Waals surface area contributed by atoms with Crippen LogP contribution in [0.3, 0.4) is 0 Å². The molecular formula is C21H19F3N2O3.